The van der Waals surface area contributed by atoms with Crippen LogP contribution < -0.4 is 4.90 Å². The fourth-order valence-electron chi connectivity index (χ4n) is 2.72. The van der Waals surface area contributed by atoms with Crippen molar-refractivity contribution in [2.75, 3.05) is 4.90 Å². The molecular formula is C16H11F3N4O2S2. The van der Waals surface area contributed by atoms with Gasteiger partial charge in [-0.2, -0.15) is 18.3 Å². The Morgan fingerprint density at radius 1 is 1.22 bits per heavy atom. The Morgan fingerprint density at radius 2 is 1.96 bits per heavy atom. The fraction of sp³-hybridized carbons (Fsp3) is 0.188. The lowest BCUT2D eigenvalue weighted by Crippen LogP contribution is -2.30. The first-order valence-electron chi connectivity index (χ1n) is 7.69. The standard InChI is InChI=1S/C16H11F3N4O2S2/c17-16(18,19)11-6-4-10(5-7-11)8-26-22-15-21(9-20-22)12-2-1-3-13(23(24)25)14(12)27-15/h1-7,9,15H,8H2. The number of benzene rings is 2. The third kappa shape index (κ3) is 3.32. The van der Waals surface area contributed by atoms with Crippen LogP contribution in [0.3, 0.4) is 0 Å². The number of alkyl halides is 3. The number of thioether (sulfide) groups is 1. The fourth-order valence-corrected chi connectivity index (χ4v) is 5.04. The molecule has 4 rings (SSSR count). The second-order valence-corrected chi connectivity index (χ2v) is 7.72. The molecule has 0 aromatic heterocycles. The first-order valence-corrected chi connectivity index (χ1v) is 9.51. The van der Waals surface area contributed by atoms with E-state index in [9.17, 15) is 23.3 Å². The molecule has 0 saturated heterocycles. The zero-order valence-corrected chi connectivity index (χ0v) is 15.1. The molecule has 1 unspecified atom stereocenters. The molecule has 0 radical (unpaired) electrons. The molecule has 11 heteroatoms. The summed E-state index contributed by atoms with van der Waals surface area (Å²) in [5, 5.41) is 15.5. The summed E-state index contributed by atoms with van der Waals surface area (Å²) in [6.45, 7) is 0. The van der Waals surface area contributed by atoms with Crippen LogP contribution in [0.2, 0.25) is 0 Å². The second-order valence-electron chi connectivity index (χ2n) is 5.74. The lowest BCUT2D eigenvalue weighted by molar-refractivity contribution is -0.387. The third-order valence-electron chi connectivity index (χ3n) is 4.03. The summed E-state index contributed by atoms with van der Waals surface area (Å²) in [6, 6.07) is 9.88. The lowest BCUT2D eigenvalue weighted by atomic mass is 10.1. The monoisotopic (exact) mass is 412 g/mol. The maximum Gasteiger partial charge on any atom is 0.416 e. The highest BCUT2D eigenvalue weighted by Gasteiger charge is 2.41. The van der Waals surface area contributed by atoms with Crippen LogP contribution in [0.25, 0.3) is 0 Å². The van der Waals surface area contributed by atoms with Gasteiger partial charge in [0.1, 0.15) is 11.2 Å². The topological polar surface area (TPSA) is 62.0 Å². The van der Waals surface area contributed by atoms with Gasteiger partial charge < -0.3 is 0 Å². The zero-order valence-electron chi connectivity index (χ0n) is 13.5. The quantitative estimate of drug-likeness (QED) is 0.404. The van der Waals surface area contributed by atoms with Gasteiger partial charge in [0.2, 0.25) is 0 Å². The van der Waals surface area contributed by atoms with Crippen LogP contribution in [0, 0.1) is 10.1 Å². The SMILES string of the molecule is O=[N+]([O-])c1cccc2c1SC1N(SCc3ccc(C(F)(F)F)cc3)N=CN21. The number of halogens is 3. The number of rotatable bonds is 4. The summed E-state index contributed by atoms with van der Waals surface area (Å²) in [5.74, 6) is 0.429. The van der Waals surface area contributed by atoms with Gasteiger partial charge in [0, 0.05) is 11.8 Å². The number of nitrogens with zero attached hydrogens (tertiary/aromatic N) is 4. The Bertz CT molecular complexity index is 921. The molecule has 0 saturated carbocycles. The molecule has 0 bridgehead atoms. The van der Waals surface area contributed by atoms with E-state index in [1.807, 2.05) is 4.90 Å². The van der Waals surface area contributed by atoms with Crippen molar-refractivity contribution in [1.29, 1.82) is 0 Å². The highest BCUT2D eigenvalue weighted by atomic mass is 32.2. The van der Waals surface area contributed by atoms with Crippen LogP contribution in [0.15, 0.2) is 52.5 Å². The van der Waals surface area contributed by atoms with Crippen LogP contribution in [-0.4, -0.2) is 21.2 Å². The van der Waals surface area contributed by atoms with E-state index in [1.54, 1.807) is 22.9 Å². The normalized spacial score (nSPS) is 18.0. The third-order valence-corrected chi connectivity index (χ3v) is 6.48. The minimum absolute atomic E-state index is 0.0491. The number of nitro benzene ring substituents is 1. The van der Waals surface area contributed by atoms with E-state index in [0.29, 0.717) is 10.6 Å². The Labute approximate surface area is 160 Å². The number of hydrazone groups is 1. The molecule has 2 aliphatic heterocycles. The van der Waals surface area contributed by atoms with Crippen LogP contribution in [0.1, 0.15) is 11.1 Å². The minimum atomic E-state index is -4.35. The van der Waals surface area contributed by atoms with Crippen molar-refractivity contribution in [2.45, 2.75) is 22.3 Å². The highest BCUT2D eigenvalue weighted by molar-refractivity contribution is 8.02. The van der Waals surface area contributed by atoms with Crippen LogP contribution in [0.5, 0.6) is 0 Å². The maximum atomic E-state index is 12.6. The molecule has 2 heterocycles. The summed E-state index contributed by atoms with van der Waals surface area (Å²) in [4.78, 5) is 13.2. The van der Waals surface area contributed by atoms with E-state index in [1.165, 1.54) is 41.9 Å². The van der Waals surface area contributed by atoms with E-state index < -0.39 is 16.7 Å². The molecule has 2 aromatic carbocycles. The van der Waals surface area contributed by atoms with Gasteiger partial charge in [0.05, 0.1) is 16.2 Å². The van der Waals surface area contributed by atoms with Crippen LogP contribution in [0.4, 0.5) is 24.5 Å². The molecule has 0 spiro atoms. The van der Waals surface area contributed by atoms with Crippen molar-refractivity contribution in [3.8, 4) is 0 Å². The summed E-state index contributed by atoms with van der Waals surface area (Å²) in [6.07, 6.45) is -2.75. The van der Waals surface area contributed by atoms with Gasteiger partial charge in [-0.1, -0.05) is 30.0 Å². The summed E-state index contributed by atoms with van der Waals surface area (Å²) in [5.41, 5.74) is 0.554. The molecule has 0 aliphatic carbocycles. The van der Waals surface area contributed by atoms with Gasteiger partial charge in [-0.15, -0.1) is 0 Å². The summed E-state index contributed by atoms with van der Waals surface area (Å²) in [7, 11) is 0. The van der Waals surface area contributed by atoms with E-state index in [-0.39, 0.29) is 11.2 Å². The number of hydrogen-bond acceptors (Lipinski definition) is 7. The number of nitro groups is 1. The zero-order chi connectivity index (χ0) is 19.2. The Kier molecular flexibility index (Phi) is 4.42. The molecule has 2 aliphatic rings. The maximum absolute atomic E-state index is 12.6. The van der Waals surface area contributed by atoms with Crippen LogP contribution >= 0.6 is 23.7 Å². The lowest BCUT2D eigenvalue weighted by Gasteiger charge is -2.22. The van der Waals surface area contributed by atoms with Gasteiger partial charge in [0.25, 0.3) is 5.69 Å². The van der Waals surface area contributed by atoms with Gasteiger partial charge in [0.15, 0.2) is 5.50 Å². The second kappa shape index (κ2) is 6.64. The molecule has 0 N–H and O–H groups in total. The van der Waals surface area contributed by atoms with Crippen molar-refractivity contribution in [2.24, 2.45) is 5.10 Å². The van der Waals surface area contributed by atoms with Crippen molar-refractivity contribution in [3.63, 3.8) is 0 Å². The highest BCUT2D eigenvalue weighted by Crippen LogP contribution is 2.51. The number of anilines is 1. The molecular weight excluding hydrogens is 401 g/mol. The van der Waals surface area contributed by atoms with Crippen molar-refractivity contribution in [3.05, 3.63) is 63.7 Å². The minimum Gasteiger partial charge on any atom is -0.297 e. The Morgan fingerprint density at radius 3 is 2.63 bits per heavy atom. The average molecular weight is 412 g/mol. The van der Waals surface area contributed by atoms with Gasteiger partial charge in [-0.05, 0) is 35.7 Å². The van der Waals surface area contributed by atoms with Gasteiger partial charge in [-0.3, -0.25) is 15.0 Å². The van der Waals surface area contributed by atoms with Crippen molar-refractivity contribution in [1.82, 2.24) is 4.41 Å². The molecule has 27 heavy (non-hydrogen) atoms. The molecule has 6 nitrogen and oxygen atoms in total. The Hall–Kier alpha value is -2.40. The smallest absolute Gasteiger partial charge is 0.297 e. The predicted molar refractivity (Wildman–Crippen MR) is 98.3 cm³/mol. The molecule has 140 valence electrons. The van der Waals surface area contributed by atoms with Gasteiger partial charge in [-0.25, -0.2) is 4.41 Å². The van der Waals surface area contributed by atoms with Crippen LogP contribution in [-0.2, 0) is 11.9 Å². The molecule has 2 aromatic rings. The van der Waals surface area contributed by atoms with E-state index >= 15 is 0 Å². The molecule has 0 amide bonds. The Balaban J connectivity index is 1.45. The predicted octanol–water partition coefficient (Wildman–Crippen LogP) is 4.92. The molecule has 0 fully saturated rings. The summed E-state index contributed by atoms with van der Waals surface area (Å²) < 4.78 is 39.6. The van der Waals surface area contributed by atoms with Crippen molar-refractivity contribution >= 4 is 41.4 Å². The van der Waals surface area contributed by atoms with E-state index in [2.05, 4.69) is 5.10 Å². The first-order chi connectivity index (χ1) is 12.8. The van der Waals surface area contributed by atoms with E-state index in [0.717, 1.165) is 23.4 Å². The molecule has 1 atom stereocenters. The number of hydrogen-bond donors (Lipinski definition) is 0. The largest absolute Gasteiger partial charge is 0.416 e. The average Bonchev–Trinajstić information content (AvgIpc) is 3.18. The number of fused-ring (bicyclic) bond motifs is 3. The van der Waals surface area contributed by atoms with E-state index in [4.69, 9.17) is 0 Å². The first kappa shape index (κ1) is 18.0. The van der Waals surface area contributed by atoms with Gasteiger partial charge >= 0.3 is 6.18 Å². The van der Waals surface area contributed by atoms with Crippen molar-refractivity contribution < 1.29 is 18.1 Å². The summed E-state index contributed by atoms with van der Waals surface area (Å²) >= 11 is 2.66.